The number of rotatable bonds is 8. The Labute approximate surface area is 123 Å². The lowest BCUT2D eigenvalue weighted by molar-refractivity contribution is -0.140. The number of hydrogen-bond acceptors (Lipinski definition) is 6. The van der Waals surface area contributed by atoms with E-state index < -0.39 is 16.0 Å². The van der Waals surface area contributed by atoms with Gasteiger partial charge in [-0.3, -0.25) is 9.52 Å². The van der Waals surface area contributed by atoms with Crippen LogP contribution in [0.15, 0.2) is 18.2 Å². The van der Waals surface area contributed by atoms with Crippen LogP contribution in [-0.4, -0.2) is 39.0 Å². The minimum absolute atomic E-state index is 0.226. The number of aliphatic hydroxyl groups is 1. The number of anilines is 1. The Balaban J connectivity index is 2.80. The van der Waals surface area contributed by atoms with E-state index in [4.69, 9.17) is 4.74 Å². The molecule has 0 saturated heterocycles. The number of carbonyl (C=O) groups excluding carboxylic acids is 1. The predicted octanol–water partition coefficient (Wildman–Crippen LogP) is 0.882. The molecule has 0 radical (unpaired) electrons. The van der Waals surface area contributed by atoms with Crippen molar-refractivity contribution >= 4 is 21.7 Å². The Hall–Kier alpha value is -1.80. The number of methoxy groups -OCH3 is 1. The SMILES string of the molecule is CCOc1ccc(NS(=O)(=O)CCC(=O)OC)cc1CO. The van der Waals surface area contributed by atoms with Gasteiger partial charge in [-0.05, 0) is 25.1 Å². The maximum Gasteiger partial charge on any atom is 0.306 e. The first-order valence-corrected chi connectivity index (χ1v) is 8.01. The molecule has 0 spiro atoms. The lowest BCUT2D eigenvalue weighted by Crippen LogP contribution is -2.19. The predicted molar refractivity (Wildman–Crippen MR) is 77.6 cm³/mol. The third-order valence-corrected chi connectivity index (χ3v) is 3.89. The molecule has 1 aromatic rings. The Morgan fingerprint density at radius 3 is 2.67 bits per heavy atom. The van der Waals surface area contributed by atoms with Crippen LogP contribution in [0.2, 0.25) is 0 Å². The average Bonchev–Trinajstić information content (AvgIpc) is 2.46. The van der Waals surface area contributed by atoms with Gasteiger partial charge in [0.15, 0.2) is 0 Å². The molecule has 1 rings (SSSR count). The highest BCUT2D eigenvalue weighted by atomic mass is 32.2. The van der Waals surface area contributed by atoms with Crippen LogP contribution in [0.3, 0.4) is 0 Å². The molecule has 0 fully saturated rings. The van der Waals surface area contributed by atoms with Crippen LogP contribution in [0.25, 0.3) is 0 Å². The molecule has 0 aliphatic carbocycles. The minimum Gasteiger partial charge on any atom is -0.494 e. The topological polar surface area (TPSA) is 102 Å². The van der Waals surface area contributed by atoms with Gasteiger partial charge in [0.2, 0.25) is 10.0 Å². The Kier molecular flexibility index (Phi) is 6.44. The van der Waals surface area contributed by atoms with Crippen molar-refractivity contribution in [1.82, 2.24) is 0 Å². The molecular weight excluding hydrogens is 298 g/mol. The highest BCUT2D eigenvalue weighted by Gasteiger charge is 2.14. The van der Waals surface area contributed by atoms with E-state index in [0.717, 1.165) is 0 Å². The van der Waals surface area contributed by atoms with E-state index in [9.17, 15) is 18.3 Å². The maximum atomic E-state index is 11.8. The van der Waals surface area contributed by atoms with E-state index in [0.29, 0.717) is 23.6 Å². The van der Waals surface area contributed by atoms with Gasteiger partial charge in [-0.1, -0.05) is 0 Å². The Bertz CT molecular complexity index is 584. The van der Waals surface area contributed by atoms with Crippen molar-refractivity contribution in [3.63, 3.8) is 0 Å². The highest BCUT2D eigenvalue weighted by Crippen LogP contribution is 2.23. The van der Waals surface area contributed by atoms with E-state index in [1.165, 1.54) is 19.2 Å². The van der Waals surface area contributed by atoms with Gasteiger partial charge in [0, 0.05) is 11.3 Å². The van der Waals surface area contributed by atoms with E-state index in [1.54, 1.807) is 6.07 Å². The first-order valence-electron chi connectivity index (χ1n) is 6.35. The van der Waals surface area contributed by atoms with Crippen molar-refractivity contribution < 1.29 is 27.8 Å². The van der Waals surface area contributed by atoms with Gasteiger partial charge in [0.05, 0.1) is 32.5 Å². The third kappa shape index (κ3) is 5.60. The smallest absolute Gasteiger partial charge is 0.306 e. The van der Waals surface area contributed by atoms with E-state index >= 15 is 0 Å². The lowest BCUT2D eigenvalue weighted by atomic mass is 10.2. The molecule has 1 aromatic carbocycles. The third-order valence-electron chi connectivity index (χ3n) is 2.61. The highest BCUT2D eigenvalue weighted by molar-refractivity contribution is 7.92. The van der Waals surface area contributed by atoms with Gasteiger partial charge in [0.1, 0.15) is 5.75 Å². The van der Waals surface area contributed by atoms with Crippen LogP contribution in [-0.2, 0) is 26.2 Å². The number of hydrogen-bond donors (Lipinski definition) is 2. The van der Waals surface area contributed by atoms with Gasteiger partial charge >= 0.3 is 5.97 Å². The lowest BCUT2D eigenvalue weighted by Gasteiger charge is -2.12. The standard InChI is InChI=1S/C13H19NO6S/c1-3-20-12-5-4-11(8-10(12)9-15)14-21(17,18)7-6-13(16)19-2/h4-5,8,14-15H,3,6-7,9H2,1-2H3. The second kappa shape index (κ2) is 7.84. The number of carbonyl (C=O) groups is 1. The summed E-state index contributed by atoms with van der Waals surface area (Å²) >= 11 is 0. The number of esters is 1. The molecule has 118 valence electrons. The second-order valence-electron chi connectivity index (χ2n) is 4.16. The number of aliphatic hydroxyl groups excluding tert-OH is 1. The molecule has 7 nitrogen and oxygen atoms in total. The molecule has 2 N–H and O–H groups in total. The van der Waals surface area contributed by atoms with Gasteiger partial charge in [-0.15, -0.1) is 0 Å². The molecule has 0 aliphatic heterocycles. The number of nitrogens with one attached hydrogen (secondary N) is 1. The monoisotopic (exact) mass is 317 g/mol. The maximum absolute atomic E-state index is 11.8. The molecule has 0 unspecified atom stereocenters. The second-order valence-corrected chi connectivity index (χ2v) is 6.00. The Morgan fingerprint density at radius 2 is 2.10 bits per heavy atom. The molecule has 8 heteroatoms. The summed E-state index contributed by atoms with van der Waals surface area (Å²) in [5, 5.41) is 9.26. The Morgan fingerprint density at radius 1 is 1.38 bits per heavy atom. The van der Waals surface area contributed by atoms with Crippen LogP contribution in [0.5, 0.6) is 5.75 Å². The fourth-order valence-corrected chi connectivity index (χ4v) is 2.64. The van der Waals surface area contributed by atoms with Gasteiger partial charge in [-0.2, -0.15) is 0 Å². The van der Waals surface area contributed by atoms with Crippen LogP contribution in [0.1, 0.15) is 18.9 Å². The molecule has 21 heavy (non-hydrogen) atoms. The average molecular weight is 317 g/mol. The normalized spacial score (nSPS) is 11.0. The number of benzene rings is 1. The first-order chi connectivity index (χ1) is 9.91. The van der Waals surface area contributed by atoms with Gasteiger partial charge in [0.25, 0.3) is 0 Å². The van der Waals surface area contributed by atoms with Crippen molar-refractivity contribution in [1.29, 1.82) is 0 Å². The molecule has 0 aromatic heterocycles. The van der Waals surface area contributed by atoms with Crippen LogP contribution >= 0.6 is 0 Å². The molecule has 0 aliphatic rings. The summed E-state index contributed by atoms with van der Waals surface area (Å²) in [5.74, 6) is -0.470. The summed E-state index contributed by atoms with van der Waals surface area (Å²) in [6, 6.07) is 4.59. The zero-order valence-electron chi connectivity index (χ0n) is 12.0. The zero-order chi connectivity index (χ0) is 15.9. The summed E-state index contributed by atoms with van der Waals surface area (Å²) in [6.45, 7) is 1.98. The zero-order valence-corrected chi connectivity index (χ0v) is 12.8. The van der Waals surface area contributed by atoms with Crippen molar-refractivity contribution in [2.45, 2.75) is 20.0 Å². The fourth-order valence-electron chi connectivity index (χ4n) is 1.61. The number of sulfonamides is 1. The molecule has 0 amide bonds. The van der Waals surface area contributed by atoms with Crippen LogP contribution in [0, 0.1) is 0 Å². The summed E-state index contributed by atoms with van der Waals surface area (Å²) in [6.07, 6.45) is -0.226. The molecular formula is C13H19NO6S. The van der Waals surface area contributed by atoms with Crippen molar-refractivity contribution in [2.24, 2.45) is 0 Å². The summed E-state index contributed by atoms with van der Waals surface area (Å²) < 4.78 is 35.7. The summed E-state index contributed by atoms with van der Waals surface area (Å²) in [4.78, 5) is 11.0. The molecule has 0 saturated carbocycles. The van der Waals surface area contributed by atoms with Crippen LogP contribution in [0.4, 0.5) is 5.69 Å². The first kappa shape index (κ1) is 17.3. The van der Waals surface area contributed by atoms with Crippen molar-refractivity contribution in [2.75, 3.05) is 24.2 Å². The van der Waals surface area contributed by atoms with Gasteiger partial charge in [-0.25, -0.2) is 8.42 Å². The van der Waals surface area contributed by atoms with Crippen LogP contribution < -0.4 is 9.46 Å². The van der Waals surface area contributed by atoms with Gasteiger partial charge < -0.3 is 14.6 Å². The van der Waals surface area contributed by atoms with E-state index in [1.807, 2.05) is 6.92 Å². The van der Waals surface area contributed by atoms with E-state index in [2.05, 4.69) is 9.46 Å². The number of ether oxygens (including phenoxy) is 2. The quantitative estimate of drug-likeness (QED) is 0.690. The summed E-state index contributed by atoms with van der Waals surface area (Å²) in [5.41, 5.74) is 0.775. The van der Waals surface area contributed by atoms with Crippen molar-refractivity contribution in [3.05, 3.63) is 23.8 Å². The molecule has 0 bridgehead atoms. The van der Waals surface area contributed by atoms with E-state index in [-0.39, 0.29) is 18.8 Å². The largest absolute Gasteiger partial charge is 0.494 e. The fraction of sp³-hybridized carbons (Fsp3) is 0.462. The summed E-state index contributed by atoms with van der Waals surface area (Å²) in [7, 11) is -2.47. The molecule has 0 atom stereocenters. The van der Waals surface area contributed by atoms with Crippen molar-refractivity contribution in [3.8, 4) is 5.75 Å². The minimum atomic E-state index is -3.66. The molecule has 0 heterocycles.